The maximum Gasteiger partial charge on any atom is 0.247 e. The van der Waals surface area contributed by atoms with Crippen LogP contribution in [0.5, 0.6) is 0 Å². The Morgan fingerprint density at radius 3 is 2.89 bits per heavy atom. The van der Waals surface area contributed by atoms with Gasteiger partial charge in [-0.1, -0.05) is 6.58 Å². The van der Waals surface area contributed by atoms with Crippen LogP contribution in [0.1, 0.15) is 6.42 Å². The smallest absolute Gasteiger partial charge is 0.247 e. The number of halogens is 1. The predicted molar refractivity (Wildman–Crippen MR) is 112 cm³/mol. The van der Waals surface area contributed by atoms with Gasteiger partial charge in [0.05, 0.1) is 10.7 Å². The van der Waals surface area contributed by atoms with Gasteiger partial charge in [0, 0.05) is 48.0 Å². The number of benzene rings is 1. The van der Waals surface area contributed by atoms with Gasteiger partial charge in [0.2, 0.25) is 11.9 Å². The van der Waals surface area contributed by atoms with Gasteiger partial charge in [-0.3, -0.25) is 4.79 Å². The SMILES string of the molecule is C=CC(=O)Nc1ccc2c(N3CC[C@@H](Nc4ncc(Br)cn4)C3)nncc2c1. The molecule has 4 rings (SSSR count). The number of carbonyl (C=O) groups excluding carboxylic acids is 1. The number of amides is 1. The summed E-state index contributed by atoms with van der Waals surface area (Å²) in [5.74, 6) is 1.20. The molecule has 1 aliphatic heterocycles. The Morgan fingerprint density at radius 2 is 2.11 bits per heavy atom. The zero-order valence-electron chi connectivity index (χ0n) is 15.0. The molecule has 142 valence electrons. The molecule has 28 heavy (non-hydrogen) atoms. The number of aromatic nitrogens is 4. The van der Waals surface area contributed by atoms with Crippen LogP contribution in [0.15, 0.2) is 53.9 Å². The molecule has 1 aliphatic rings. The number of anilines is 3. The Balaban J connectivity index is 1.51. The summed E-state index contributed by atoms with van der Waals surface area (Å²) in [6, 6.07) is 5.92. The van der Waals surface area contributed by atoms with Gasteiger partial charge in [0.25, 0.3) is 0 Å². The molecule has 1 amide bonds. The molecule has 0 bridgehead atoms. The summed E-state index contributed by atoms with van der Waals surface area (Å²) < 4.78 is 0.848. The Kier molecular flexibility index (Phi) is 5.16. The van der Waals surface area contributed by atoms with Crippen LogP contribution in [0.2, 0.25) is 0 Å². The summed E-state index contributed by atoms with van der Waals surface area (Å²) in [5, 5.41) is 16.5. The van der Waals surface area contributed by atoms with E-state index in [2.05, 4.69) is 58.2 Å². The number of nitrogens with zero attached hydrogens (tertiary/aromatic N) is 5. The third-order valence-corrected chi connectivity index (χ3v) is 4.95. The van der Waals surface area contributed by atoms with E-state index in [1.54, 1.807) is 18.6 Å². The molecule has 0 spiro atoms. The van der Waals surface area contributed by atoms with Gasteiger partial charge in [0.15, 0.2) is 5.82 Å². The quantitative estimate of drug-likeness (QED) is 0.589. The Hall–Kier alpha value is -3.07. The van der Waals surface area contributed by atoms with Gasteiger partial charge >= 0.3 is 0 Å². The van der Waals surface area contributed by atoms with Crippen LogP contribution in [-0.4, -0.2) is 45.2 Å². The summed E-state index contributed by atoms with van der Waals surface area (Å²) in [5.41, 5.74) is 0.699. The third-order valence-electron chi connectivity index (χ3n) is 4.54. The lowest BCUT2D eigenvalue weighted by Gasteiger charge is -2.19. The van der Waals surface area contributed by atoms with Crippen molar-refractivity contribution in [2.75, 3.05) is 28.6 Å². The fourth-order valence-electron chi connectivity index (χ4n) is 3.22. The van der Waals surface area contributed by atoms with E-state index >= 15 is 0 Å². The van der Waals surface area contributed by atoms with Gasteiger partial charge < -0.3 is 15.5 Å². The molecule has 3 heterocycles. The summed E-state index contributed by atoms with van der Waals surface area (Å²) in [6.45, 7) is 5.11. The molecule has 1 saturated heterocycles. The summed E-state index contributed by atoms with van der Waals surface area (Å²) >= 11 is 3.34. The second kappa shape index (κ2) is 7.89. The molecular formula is C19H18BrN7O. The van der Waals surface area contributed by atoms with E-state index in [0.717, 1.165) is 40.6 Å². The first-order valence-electron chi connectivity index (χ1n) is 8.80. The molecule has 1 atom stereocenters. The van der Waals surface area contributed by atoms with Crippen LogP contribution in [0.3, 0.4) is 0 Å². The number of hydrogen-bond donors (Lipinski definition) is 2. The summed E-state index contributed by atoms with van der Waals surface area (Å²) in [4.78, 5) is 22.3. The van der Waals surface area contributed by atoms with E-state index in [0.29, 0.717) is 11.6 Å². The molecule has 1 aromatic carbocycles. The second-order valence-corrected chi connectivity index (χ2v) is 7.38. The summed E-state index contributed by atoms with van der Waals surface area (Å²) in [6.07, 6.45) is 7.34. The zero-order chi connectivity index (χ0) is 19.5. The van der Waals surface area contributed by atoms with Gasteiger partial charge in [-0.25, -0.2) is 9.97 Å². The normalized spacial score (nSPS) is 16.2. The highest BCUT2D eigenvalue weighted by molar-refractivity contribution is 9.10. The summed E-state index contributed by atoms with van der Waals surface area (Å²) in [7, 11) is 0. The Labute approximate surface area is 170 Å². The molecule has 2 N–H and O–H groups in total. The minimum absolute atomic E-state index is 0.226. The molecule has 0 saturated carbocycles. The fourth-order valence-corrected chi connectivity index (χ4v) is 3.42. The third kappa shape index (κ3) is 3.94. The maximum atomic E-state index is 11.5. The zero-order valence-corrected chi connectivity index (χ0v) is 16.6. The number of fused-ring (bicyclic) bond motifs is 1. The van der Waals surface area contributed by atoms with Crippen molar-refractivity contribution in [3.05, 3.63) is 53.9 Å². The minimum atomic E-state index is -0.245. The molecule has 8 nitrogen and oxygen atoms in total. The molecule has 2 aromatic heterocycles. The van der Waals surface area contributed by atoms with Crippen molar-refractivity contribution in [3.63, 3.8) is 0 Å². The van der Waals surface area contributed by atoms with Crippen molar-refractivity contribution in [2.24, 2.45) is 0 Å². The Bertz CT molecular complexity index is 1020. The second-order valence-electron chi connectivity index (χ2n) is 6.46. The molecule has 3 aromatic rings. The Morgan fingerprint density at radius 1 is 1.29 bits per heavy atom. The monoisotopic (exact) mass is 439 g/mol. The van der Waals surface area contributed by atoms with Crippen LogP contribution in [-0.2, 0) is 4.79 Å². The van der Waals surface area contributed by atoms with Crippen molar-refractivity contribution in [1.29, 1.82) is 0 Å². The van der Waals surface area contributed by atoms with E-state index in [-0.39, 0.29) is 11.9 Å². The van der Waals surface area contributed by atoms with Crippen molar-refractivity contribution in [3.8, 4) is 0 Å². The minimum Gasteiger partial charge on any atom is -0.352 e. The van der Waals surface area contributed by atoms with Crippen LogP contribution in [0, 0.1) is 0 Å². The average molecular weight is 440 g/mol. The molecular weight excluding hydrogens is 422 g/mol. The molecule has 9 heteroatoms. The largest absolute Gasteiger partial charge is 0.352 e. The lowest BCUT2D eigenvalue weighted by atomic mass is 10.1. The number of carbonyl (C=O) groups is 1. The van der Waals surface area contributed by atoms with Crippen molar-refractivity contribution < 1.29 is 4.79 Å². The van der Waals surface area contributed by atoms with Crippen molar-refractivity contribution in [2.45, 2.75) is 12.5 Å². The number of rotatable bonds is 5. The van der Waals surface area contributed by atoms with E-state index in [1.807, 2.05) is 18.2 Å². The lowest BCUT2D eigenvalue weighted by Crippen LogP contribution is -2.27. The van der Waals surface area contributed by atoms with Crippen molar-refractivity contribution >= 4 is 50.1 Å². The van der Waals surface area contributed by atoms with E-state index in [4.69, 9.17) is 0 Å². The van der Waals surface area contributed by atoms with E-state index in [9.17, 15) is 4.79 Å². The van der Waals surface area contributed by atoms with E-state index < -0.39 is 0 Å². The van der Waals surface area contributed by atoms with Gasteiger partial charge in [-0.15, -0.1) is 5.10 Å². The number of nitrogens with one attached hydrogen (secondary N) is 2. The number of hydrogen-bond acceptors (Lipinski definition) is 7. The molecule has 0 unspecified atom stereocenters. The molecule has 0 radical (unpaired) electrons. The molecule has 0 aliphatic carbocycles. The topological polar surface area (TPSA) is 95.9 Å². The van der Waals surface area contributed by atoms with Crippen LogP contribution in [0.4, 0.5) is 17.5 Å². The van der Waals surface area contributed by atoms with Gasteiger partial charge in [0.1, 0.15) is 0 Å². The molecule has 1 fully saturated rings. The highest BCUT2D eigenvalue weighted by Crippen LogP contribution is 2.29. The highest BCUT2D eigenvalue weighted by atomic mass is 79.9. The predicted octanol–water partition coefficient (Wildman–Crippen LogP) is 3.00. The maximum absolute atomic E-state index is 11.5. The van der Waals surface area contributed by atoms with Crippen molar-refractivity contribution in [1.82, 2.24) is 20.2 Å². The van der Waals surface area contributed by atoms with Crippen LogP contribution >= 0.6 is 15.9 Å². The lowest BCUT2D eigenvalue weighted by molar-refractivity contribution is -0.111. The highest BCUT2D eigenvalue weighted by Gasteiger charge is 2.25. The standard InChI is InChI=1S/C19H18BrN7O/c1-2-17(28)24-14-3-4-16-12(7-14)8-23-26-18(16)27-6-5-15(11-27)25-19-21-9-13(20)10-22-19/h2-4,7-10,15H,1,5-6,11H2,(H,24,28)(H,21,22,25)/t15-/m1/s1. The van der Waals surface area contributed by atoms with Gasteiger partial charge in [-0.05, 0) is 46.6 Å². The fraction of sp³-hybridized carbons (Fsp3) is 0.211. The first-order chi connectivity index (χ1) is 13.6. The first kappa shape index (κ1) is 18.3. The first-order valence-corrected chi connectivity index (χ1v) is 9.59. The average Bonchev–Trinajstić information content (AvgIpc) is 3.17. The van der Waals surface area contributed by atoms with Crippen LogP contribution < -0.4 is 15.5 Å². The van der Waals surface area contributed by atoms with E-state index in [1.165, 1.54) is 6.08 Å². The van der Waals surface area contributed by atoms with Gasteiger partial charge in [-0.2, -0.15) is 5.10 Å². The van der Waals surface area contributed by atoms with Crippen LogP contribution in [0.25, 0.3) is 10.8 Å².